The Hall–Kier alpha value is -3.32. The zero-order valence-electron chi connectivity index (χ0n) is 16.8. The number of halogens is 1. The van der Waals surface area contributed by atoms with E-state index in [1.54, 1.807) is 0 Å². The first kappa shape index (κ1) is 19.6. The molecule has 1 aromatic heterocycles. The number of hydrogen-bond donors (Lipinski definition) is 2. The van der Waals surface area contributed by atoms with E-state index in [0.717, 1.165) is 24.5 Å². The molecule has 1 saturated carbocycles. The summed E-state index contributed by atoms with van der Waals surface area (Å²) in [6.45, 7) is 0.411. The molecule has 1 fully saturated rings. The number of nitrogens with zero attached hydrogens (tertiary/aromatic N) is 2. The number of fused-ring (bicyclic) bond motifs is 1. The van der Waals surface area contributed by atoms with Crippen molar-refractivity contribution in [2.24, 2.45) is 0 Å². The van der Waals surface area contributed by atoms with Gasteiger partial charge in [-0.05, 0) is 36.1 Å². The van der Waals surface area contributed by atoms with Crippen molar-refractivity contribution in [3.8, 4) is 0 Å². The number of aliphatic hydroxyl groups is 1. The standard InChI is InChI=1S/C24H22FN3O3/c25-17-8-4-5-15(13-17)20(29)22(31)28-12-9-19-18(14-28)21(30)27-23(26-19)24(10-11-24)16-6-2-1-3-7-16/h1-8,13,20,29H,9-12,14H2,(H,26,27,30). The number of rotatable bonds is 4. The van der Waals surface area contributed by atoms with Gasteiger partial charge in [-0.15, -0.1) is 0 Å². The van der Waals surface area contributed by atoms with E-state index in [0.29, 0.717) is 30.0 Å². The van der Waals surface area contributed by atoms with E-state index in [1.807, 2.05) is 18.2 Å². The lowest BCUT2D eigenvalue weighted by atomic mass is 9.94. The molecule has 2 aromatic carbocycles. The van der Waals surface area contributed by atoms with Gasteiger partial charge in [-0.2, -0.15) is 0 Å². The number of carbonyl (C=O) groups excluding carboxylic acids is 1. The van der Waals surface area contributed by atoms with Crippen LogP contribution < -0.4 is 5.56 Å². The average Bonchev–Trinajstić information content (AvgIpc) is 3.61. The van der Waals surface area contributed by atoms with E-state index in [4.69, 9.17) is 4.98 Å². The van der Waals surface area contributed by atoms with Crippen molar-refractivity contribution < 1.29 is 14.3 Å². The van der Waals surface area contributed by atoms with E-state index in [2.05, 4.69) is 17.1 Å². The predicted octanol–water partition coefficient (Wildman–Crippen LogP) is 2.61. The molecule has 0 radical (unpaired) electrons. The van der Waals surface area contributed by atoms with Crippen LogP contribution in [0.1, 0.15) is 47.2 Å². The van der Waals surface area contributed by atoms with Crippen LogP contribution in [0.2, 0.25) is 0 Å². The first-order chi connectivity index (χ1) is 15.0. The molecule has 0 bridgehead atoms. The molecule has 31 heavy (non-hydrogen) atoms. The molecule has 1 aliphatic carbocycles. The zero-order valence-corrected chi connectivity index (χ0v) is 16.8. The Morgan fingerprint density at radius 3 is 2.65 bits per heavy atom. The largest absolute Gasteiger partial charge is 0.378 e. The van der Waals surface area contributed by atoms with E-state index >= 15 is 0 Å². The van der Waals surface area contributed by atoms with Crippen molar-refractivity contribution in [1.29, 1.82) is 0 Å². The van der Waals surface area contributed by atoms with Crippen LogP contribution in [-0.4, -0.2) is 32.4 Å². The third-order valence-electron chi connectivity index (χ3n) is 6.31. The highest BCUT2D eigenvalue weighted by atomic mass is 19.1. The first-order valence-electron chi connectivity index (χ1n) is 10.4. The summed E-state index contributed by atoms with van der Waals surface area (Å²) in [5.74, 6) is -0.390. The molecule has 1 atom stereocenters. The van der Waals surface area contributed by atoms with Gasteiger partial charge >= 0.3 is 0 Å². The Morgan fingerprint density at radius 2 is 1.94 bits per heavy atom. The number of aromatic amines is 1. The highest BCUT2D eigenvalue weighted by Crippen LogP contribution is 2.51. The van der Waals surface area contributed by atoms with Crippen LogP contribution >= 0.6 is 0 Å². The molecular formula is C24H22FN3O3. The van der Waals surface area contributed by atoms with Crippen LogP contribution in [0.5, 0.6) is 0 Å². The molecule has 2 heterocycles. The zero-order chi connectivity index (χ0) is 21.6. The number of carbonyl (C=O) groups is 1. The fourth-order valence-corrected chi connectivity index (χ4v) is 4.38. The van der Waals surface area contributed by atoms with Crippen molar-refractivity contribution in [2.75, 3.05) is 6.54 Å². The van der Waals surface area contributed by atoms with E-state index in [-0.39, 0.29) is 23.1 Å². The monoisotopic (exact) mass is 419 g/mol. The molecule has 5 rings (SSSR count). The number of amides is 1. The molecule has 6 nitrogen and oxygen atoms in total. The third-order valence-corrected chi connectivity index (χ3v) is 6.31. The Labute approximate surface area is 178 Å². The number of aromatic nitrogens is 2. The summed E-state index contributed by atoms with van der Waals surface area (Å²) in [6, 6.07) is 15.4. The number of benzene rings is 2. The van der Waals surface area contributed by atoms with Gasteiger partial charge in [0.2, 0.25) is 0 Å². The second kappa shape index (κ2) is 7.42. The van der Waals surface area contributed by atoms with Gasteiger partial charge in [-0.1, -0.05) is 42.5 Å². The second-order valence-electron chi connectivity index (χ2n) is 8.26. The summed E-state index contributed by atoms with van der Waals surface area (Å²) in [7, 11) is 0. The van der Waals surface area contributed by atoms with Gasteiger partial charge in [0.25, 0.3) is 11.5 Å². The van der Waals surface area contributed by atoms with Crippen LogP contribution in [-0.2, 0) is 23.2 Å². The fourth-order valence-electron chi connectivity index (χ4n) is 4.38. The number of aliphatic hydroxyl groups excluding tert-OH is 1. The normalized spacial score (nSPS) is 17.7. The number of hydrogen-bond acceptors (Lipinski definition) is 4. The van der Waals surface area contributed by atoms with Gasteiger partial charge in [-0.3, -0.25) is 9.59 Å². The lowest BCUT2D eigenvalue weighted by molar-refractivity contribution is -0.141. The minimum atomic E-state index is -1.48. The molecule has 1 amide bonds. The maximum absolute atomic E-state index is 13.5. The minimum absolute atomic E-state index is 0.0709. The molecule has 1 unspecified atom stereocenters. The molecule has 7 heteroatoms. The molecule has 0 spiro atoms. The smallest absolute Gasteiger partial charge is 0.256 e. The quantitative estimate of drug-likeness (QED) is 0.681. The molecule has 158 valence electrons. The Balaban J connectivity index is 1.40. The van der Waals surface area contributed by atoms with Crippen molar-refractivity contribution >= 4 is 5.91 Å². The predicted molar refractivity (Wildman–Crippen MR) is 112 cm³/mol. The number of H-pyrrole nitrogens is 1. The summed E-state index contributed by atoms with van der Waals surface area (Å²) < 4.78 is 13.5. The van der Waals surface area contributed by atoms with Crippen LogP contribution in [0, 0.1) is 5.82 Å². The SMILES string of the molecule is O=C(C(O)c1cccc(F)c1)N1CCc2nc(C3(c4ccccc4)CC3)[nH]c(=O)c2C1. The lowest BCUT2D eigenvalue weighted by Gasteiger charge is -2.30. The van der Waals surface area contributed by atoms with Crippen LogP contribution in [0.4, 0.5) is 4.39 Å². The van der Waals surface area contributed by atoms with Gasteiger partial charge < -0.3 is 15.0 Å². The Kier molecular flexibility index (Phi) is 4.70. The van der Waals surface area contributed by atoms with E-state index in [9.17, 15) is 19.1 Å². The summed E-state index contributed by atoms with van der Waals surface area (Å²) in [5, 5.41) is 10.4. The van der Waals surface area contributed by atoms with Crippen molar-refractivity contribution in [3.05, 3.63) is 99.0 Å². The van der Waals surface area contributed by atoms with Gasteiger partial charge in [0, 0.05) is 13.0 Å². The second-order valence-corrected chi connectivity index (χ2v) is 8.26. The maximum atomic E-state index is 13.5. The van der Waals surface area contributed by atoms with Crippen molar-refractivity contribution in [1.82, 2.24) is 14.9 Å². The van der Waals surface area contributed by atoms with E-state index in [1.165, 1.54) is 23.1 Å². The van der Waals surface area contributed by atoms with Crippen LogP contribution in [0.25, 0.3) is 0 Å². The molecule has 1 aliphatic heterocycles. The summed E-state index contributed by atoms with van der Waals surface area (Å²) in [4.78, 5) is 34.8. The van der Waals surface area contributed by atoms with Gasteiger partial charge in [0.05, 0.1) is 23.2 Å². The van der Waals surface area contributed by atoms with Crippen LogP contribution in [0.3, 0.4) is 0 Å². The van der Waals surface area contributed by atoms with Gasteiger partial charge in [-0.25, -0.2) is 9.37 Å². The Morgan fingerprint density at radius 1 is 1.16 bits per heavy atom. The molecule has 2 N–H and O–H groups in total. The summed E-state index contributed by atoms with van der Waals surface area (Å²) >= 11 is 0. The number of nitrogens with one attached hydrogen (secondary N) is 1. The summed E-state index contributed by atoms with van der Waals surface area (Å²) in [6.07, 6.45) is 0.821. The van der Waals surface area contributed by atoms with Crippen LogP contribution in [0.15, 0.2) is 59.4 Å². The molecular weight excluding hydrogens is 397 g/mol. The molecule has 2 aliphatic rings. The first-order valence-corrected chi connectivity index (χ1v) is 10.4. The van der Waals surface area contributed by atoms with Gasteiger partial charge in [0.1, 0.15) is 11.6 Å². The summed E-state index contributed by atoms with van der Waals surface area (Å²) in [5.41, 5.74) is 1.99. The minimum Gasteiger partial charge on any atom is -0.378 e. The highest BCUT2D eigenvalue weighted by Gasteiger charge is 2.48. The molecule has 3 aromatic rings. The average molecular weight is 419 g/mol. The fraction of sp³-hybridized carbons (Fsp3) is 0.292. The van der Waals surface area contributed by atoms with Crippen molar-refractivity contribution in [2.45, 2.75) is 37.3 Å². The molecule has 0 saturated heterocycles. The maximum Gasteiger partial charge on any atom is 0.256 e. The Bertz CT molecular complexity index is 1200. The third kappa shape index (κ3) is 3.45. The van der Waals surface area contributed by atoms with Gasteiger partial charge in [0.15, 0.2) is 6.10 Å². The lowest BCUT2D eigenvalue weighted by Crippen LogP contribution is -2.42. The topological polar surface area (TPSA) is 86.3 Å². The van der Waals surface area contributed by atoms with Crippen molar-refractivity contribution in [3.63, 3.8) is 0 Å². The highest BCUT2D eigenvalue weighted by molar-refractivity contribution is 5.82. The van der Waals surface area contributed by atoms with E-state index < -0.39 is 17.8 Å².